The van der Waals surface area contributed by atoms with E-state index in [2.05, 4.69) is 10.2 Å². The second-order valence-electron chi connectivity index (χ2n) is 6.02. The summed E-state index contributed by atoms with van der Waals surface area (Å²) in [5, 5.41) is 8.48. The quantitative estimate of drug-likeness (QED) is 0.459. The lowest BCUT2D eigenvalue weighted by atomic mass is 10.0. The van der Waals surface area contributed by atoms with Gasteiger partial charge < -0.3 is 9.15 Å². The molecule has 3 rings (SSSR count). The number of Topliss-reactive ketones (excluding diaryl/α,β-unsaturated/α-hetero) is 1. The highest BCUT2D eigenvalue weighted by Crippen LogP contribution is 2.21. The standard InChI is InChI=1S/C20H20N2O3S/c1-13-4-9-17(14(2)10-13)18(23)12-26-20-22-21-19(25-20)11-15-5-7-16(24-3)8-6-15/h4-10H,11-12H2,1-3H3. The van der Waals surface area contributed by atoms with Crippen LogP contribution in [0.25, 0.3) is 0 Å². The number of rotatable bonds is 7. The Morgan fingerprint density at radius 3 is 2.58 bits per heavy atom. The molecule has 0 radical (unpaired) electrons. The first-order chi connectivity index (χ1) is 12.5. The molecule has 0 spiro atoms. The maximum Gasteiger partial charge on any atom is 0.277 e. The number of methoxy groups -OCH3 is 1. The smallest absolute Gasteiger partial charge is 0.277 e. The van der Waals surface area contributed by atoms with E-state index in [-0.39, 0.29) is 11.5 Å². The number of carbonyl (C=O) groups excluding carboxylic acids is 1. The van der Waals surface area contributed by atoms with Crippen LogP contribution in [-0.2, 0) is 6.42 Å². The van der Waals surface area contributed by atoms with Crippen LogP contribution in [0.15, 0.2) is 52.1 Å². The number of aryl methyl sites for hydroxylation is 2. The third-order valence-electron chi connectivity index (χ3n) is 3.97. The van der Waals surface area contributed by atoms with Crippen molar-refractivity contribution in [3.8, 4) is 5.75 Å². The van der Waals surface area contributed by atoms with Gasteiger partial charge >= 0.3 is 0 Å². The average molecular weight is 368 g/mol. The first-order valence-electron chi connectivity index (χ1n) is 8.23. The Labute approximate surface area is 156 Å². The van der Waals surface area contributed by atoms with Crippen LogP contribution in [0.4, 0.5) is 0 Å². The van der Waals surface area contributed by atoms with Crippen LogP contribution >= 0.6 is 11.8 Å². The molecule has 0 N–H and O–H groups in total. The summed E-state index contributed by atoms with van der Waals surface area (Å²) >= 11 is 1.26. The van der Waals surface area contributed by atoms with Crippen LogP contribution in [0.3, 0.4) is 0 Å². The SMILES string of the molecule is COc1ccc(Cc2nnc(SCC(=O)c3ccc(C)cc3C)o2)cc1. The molecular weight excluding hydrogens is 348 g/mol. The molecule has 0 unspecified atom stereocenters. The van der Waals surface area contributed by atoms with Crippen LogP contribution < -0.4 is 4.74 Å². The van der Waals surface area contributed by atoms with Gasteiger partial charge in [-0.05, 0) is 37.1 Å². The number of ether oxygens (including phenoxy) is 1. The lowest BCUT2D eigenvalue weighted by Gasteiger charge is -2.04. The van der Waals surface area contributed by atoms with Crippen LogP contribution in [0, 0.1) is 13.8 Å². The molecule has 0 bridgehead atoms. The van der Waals surface area contributed by atoms with E-state index in [1.54, 1.807) is 7.11 Å². The van der Waals surface area contributed by atoms with Crippen LogP contribution in [0.1, 0.15) is 32.9 Å². The third kappa shape index (κ3) is 4.52. The van der Waals surface area contributed by atoms with Gasteiger partial charge in [0.05, 0.1) is 19.3 Å². The molecule has 6 heteroatoms. The summed E-state index contributed by atoms with van der Waals surface area (Å²) in [6.07, 6.45) is 0.544. The molecule has 0 fully saturated rings. The highest BCUT2D eigenvalue weighted by Gasteiger charge is 2.13. The van der Waals surface area contributed by atoms with Gasteiger partial charge in [0.2, 0.25) is 5.89 Å². The Morgan fingerprint density at radius 2 is 1.88 bits per heavy atom. The minimum absolute atomic E-state index is 0.0578. The topological polar surface area (TPSA) is 65.2 Å². The molecule has 0 amide bonds. The van der Waals surface area contributed by atoms with Crippen LogP contribution in [0.5, 0.6) is 5.75 Å². The molecule has 0 aliphatic rings. The Kier molecular flexibility index (Phi) is 5.73. The Balaban J connectivity index is 1.58. The third-order valence-corrected chi connectivity index (χ3v) is 4.79. The maximum absolute atomic E-state index is 12.4. The molecular formula is C20H20N2O3S. The second kappa shape index (κ2) is 8.19. The molecule has 0 saturated carbocycles. The van der Waals surface area contributed by atoms with Gasteiger partial charge in [0.15, 0.2) is 5.78 Å². The number of benzene rings is 2. The summed E-state index contributed by atoms with van der Waals surface area (Å²) in [6.45, 7) is 3.96. The number of hydrogen-bond acceptors (Lipinski definition) is 6. The van der Waals surface area contributed by atoms with Crippen molar-refractivity contribution in [2.75, 3.05) is 12.9 Å². The molecule has 3 aromatic rings. The average Bonchev–Trinajstić information content (AvgIpc) is 3.08. The number of nitrogens with zero attached hydrogens (tertiary/aromatic N) is 2. The van der Waals surface area contributed by atoms with Crippen LogP contribution in [0.2, 0.25) is 0 Å². The van der Waals surface area contributed by atoms with E-state index >= 15 is 0 Å². The van der Waals surface area contributed by atoms with Crippen molar-refractivity contribution in [3.05, 3.63) is 70.6 Å². The predicted octanol–water partition coefficient (Wildman–Crippen LogP) is 4.26. The summed E-state index contributed by atoms with van der Waals surface area (Å²) in [5.41, 5.74) is 3.92. The number of hydrogen-bond donors (Lipinski definition) is 0. The molecule has 0 aliphatic carbocycles. The molecule has 5 nitrogen and oxygen atoms in total. The zero-order valence-corrected chi connectivity index (χ0v) is 15.8. The highest BCUT2D eigenvalue weighted by molar-refractivity contribution is 7.99. The second-order valence-corrected chi connectivity index (χ2v) is 6.94. The fraction of sp³-hybridized carbons (Fsp3) is 0.250. The molecule has 0 atom stereocenters. The normalized spacial score (nSPS) is 10.7. The van der Waals surface area contributed by atoms with Crippen molar-refractivity contribution in [2.24, 2.45) is 0 Å². The van der Waals surface area contributed by atoms with Crippen molar-refractivity contribution in [1.82, 2.24) is 10.2 Å². The van der Waals surface area contributed by atoms with Crippen molar-refractivity contribution < 1.29 is 13.9 Å². The Bertz CT molecular complexity index is 904. The molecule has 0 aliphatic heterocycles. The first-order valence-corrected chi connectivity index (χ1v) is 9.22. The fourth-order valence-electron chi connectivity index (χ4n) is 2.62. The van der Waals surface area contributed by atoms with E-state index in [4.69, 9.17) is 9.15 Å². The summed E-state index contributed by atoms with van der Waals surface area (Å²) in [6, 6.07) is 13.5. The zero-order valence-electron chi connectivity index (χ0n) is 15.0. The van der Waals surface area contributed by atoms with Crippen molar-refractivity contribution in [3.63, 3.8) is 0 Å². The number of aromatic nitrogens is 2. The lowest BCUT2D eigenvalue weighted by molar-refractivity contribution is 0.102. The number of ketones is 1. The van der Waals surface area contributed by atoms with Gasteiger partial charge in [0.1, 0.15) is 5.75 Å². The van der Waals surface area contributed by atoms with Gasteiger partial charge in [-0.3, -0.25) is 4.79 Å². The molecule has 26 heavy (non-hydrogen) atoms. The molecule has 2 aromatic carbocycles. The van der Waals surface area contributed by atoms with Gasteiger partial charge in [-0.15, -0.1) is 10.2 Å². The van der Waals surface area contributed by atoms with E-state index in [0.29, 0.717) is 17.5 Å². The zero-order chi connectivity index (χ0) is 18.5. The van der Waals surface area contributed by atoms with E-state index in [1.165, 1.54) is 11.8 Å². The van der Waals surface area contributed by atoms with Crippen molar-refractivity contribution in [1.29, 1.82) is 0 Å². The number of thioether (sulfide) groups is 1. The molecule has 134 valence electrons. The monoisotopic (exact) mass is 368 g/mol. The van der Waals surface area contributed by atoms with Crippen molar-refractivity contribution >= 4 is 17.5 Å². The van der Waals surface area contributed by atoms with Gasteiger partial charge in [0.25, 0.3) is 5.22 Å². The summed E-state index contributed by atoms with van der Waals surface area (Å²) in [4.78, 5) is 12.4. The van der Waals surface area contributed by atoms with Crippen molar-refractivity contribution in [2.45, 2.75) is 25.5 Å². The molecule has 1 aromatic heterocycles. The van der Waals surface area contributed by atoms with Gasteiger partial charge in [0, 0.05) is 5.56 Å². The first kappa shape index (κ1) is 18.2. The fourth-order valence-corrected chi connectivity index (χ4v) is 3.28. The summed E-state index contributed by atoms with van der Waals surface area (Å²) in [5.74, 6) is 1.66. The van der Waals surface area contributed by atoms with Crippen LogP contribution in [-0.4, -0.2) is 28.8 Å². The maximum atomic E-state index is 12.4. The largest absolute Gasteiger partial charge is 0.497 e. The Hall–Kier alpha value is -2.60. The molecule has 1 heterocycles. The van der Waals surface area contributed by atoms with E-state index in [0.717, 1.165) is 28.0 Å². The minimum Gasteiger partial charge on any atom is -0.497 e. The van der Waals surface area contributed by atoms with Gasteiger partial charge in [-0.25, -0.2) is 0 Å². The van der Waals surface area contributed by atoms with E-state index < -0.39 is 0 Å². The number of carbonyl (C=O) groups is 1. The van der Waals surface area contributed by atoms with Gasteiger partial charge in [-0.2, -0.15) is 0 Å². The summed E-state index contributed by atoms with van der Waals surface area (Å²) in [7, 11) is 1.63. The van der Waals surface area contributed by atoms with E-state index in [9.17, 15) is 4.79 Å². The minimum atomic E-state index is 0.0578. The highest BCUT2D eigenvalue weighted by atomic mass is 32.2. The molecule has 0 saturated heterocycles. The van der Waals surface area contributed by atoms with E-state index in [1.807, 2.05) is 56.3 Å². The van der Waals surface area contributed by atoms with Gasteiger partial charge in [-0.1, -0.05) is 47.7 Å². The predicted molar refractivity (Wildman–Crippen MR) is 101 cm³/mol. The Morgan fingerprint density at radius 1 is 1.12 bits per heavy atom. The summed E-state index contributed by atoms with van der Waals surface area (Å²) < 4.78 is 10.8. The lowest BCUT2D eigenvalue weighted by Crippen LogP contribution is -2.04.